The number of halogens is 1. The van der Waals surface area contributed by atoms with Gasteiger partial charge in [0, 0.05) is 34.2 Å². The quantitative estimate of drug-likeness (QED) is 0.855. The first-order valence-corrected chi connectivity index (χ1v) is 7.53. The highest BCUT2D eigenvalue weighted by atomic mass is 35.5. The molecule has 1 aliphatic rings. The van der Waals surface area contributed by atoms with E-state index in [9.17, 15) is 0 Å². The minimum absolute atomic E-state index is 0.0297. The maximum Gasteiger partial charge on any atom is 0.213 e. The highest BCUT2D eigenvalue weighted by molar-refractivity contribution is 6.31. The summed E-state index contributed by atoms with van der Waals surface area (Å²) < 4.78 is 113. The van der Waals surface area contributed by atoms with E-state index in [1.165, 1.54) is 6.92 Å². The van der Waals surface area contributed by atoms with Crippen LogP contribution in [0.5, 0.6) is 0 Å². The maximum atomic E-state index is 8.99. The van der Waals surface area contributed by atoms with Crippen molar-refractivity contribution in [3.8, 4) is 0 Å². The third kappa shape index (κ3) is 2.82. The molecule has 0 saturated carbocycles. The summed E-state index contributed by atoms with van der Waals surface area (Å²) in [5, 5.41) is -0.120. The topological polar surface area (TPSA) is 30.5 Å². The van der Waals surface area contributed by atoms with Gasteiger partial charge in [0.25, 0.3) is 0 Å². The lowest BCUT2D eigenvalue weighted by atomic mass is 9.78. The normalized spacial score (nSPS) is 51.3. The molecular formula is C19H30ClNO2. The van der Waals surface area contributed by atoms with Crippen LogP contribution in [0.2, 0.25) is 6.43 Å². The molecule has 0 bridgehead atoms. The first kappa shape index (κ1) is 8.18. The van der Waals surface area contributed by atoms with Crippen LogP contribution in [-0.4, -0.2) is 24.3 Å². The van der Waals surface area contributed by atoms with Gasteiger partial charge in [-0.3, -0.25) is 5.31 Å². The summed E-state index contributed by atoms with van der Waals surface area (Å²) in [5.74, 6) is -2.78. The Balaban J connectivity index is 3.26. The minimum Gasteiger partial charge on any atom is -0.348 e. The predicted octanol–water partition coefficient (Wildman–Crippen LogP) is 4.71. The average Bonchev–Trinajstić information content (AvgIpc) is 2.65. The van der Waals surface area contributed by atoms with Crippen molar-refractivity contribution in [1.82, 2.24) is 5.31 Å². The van der Waals surface area contributed by atoms with Crippen LogP contribution in [0.25, 0.3) is 0 Å². The van der Waals surface area contributed by atoms with Gasteiger partial charge in [0.2, 0.25) is 5.79 Å². The Kier molecular flexibility index (Phi) is 2.15. The van der Waals surface area contributed by atoms with Crippen molar-refractivity contribution in [3.63, 3.8) is 0 Å². The molecule has 2 unspecified atom stereocenters. The van der Waals surface area contributed by atoms with Crippen molar-refractivity contribution in [3.05, 3.63) is 33.8 Å². The zero-order valence-electron chi connectivity index (χ0n) is 26.1. The lowest BCUT2D eigenvalue weighted by Gasteiger charge is -2.58. The first-order chi connectivity index (χ1) is 15.3. The van der Waals surface area contributed by atoms with Gasteiger partial charge in [-0.2, -0.15) is 0 Å². The molecule has 0 amide bonds. The average molecular weight is 352 g/mol. The third-order valence-corrected chi connectivity index (χ3v) is 4.63. The molecule has 1 aliphatic heterocycles. The van der Waals surface area contributed by atoms with Crippen molar-refractivity contribution < 1.29 is 26.0 Å². The van der Waals surface area contributed by atoms with Gasteiger partial charge < -0.3 is 9.47 Å². The van der Waals surface area contributed by atoms with Crippen LogP contribution in [0.1, 0.15) is 72.6 Å². The molecule has 4 atom stereocenters. The standard InChI is InChI=1S/C19H30ClNO2/c1-9-18(7)14(4)23-19(22-8,17(5,6)21-18)15-10-12(2)13(3)16(20)11-15/h10-11,14,21H,9H2,1-8H3/t14?,18?,19-/m0/s1/i5D3,7D3,9D2,10D,11D,14D/hD/t14?,17-,18?,19+/m1. The molecule has 0 aromatic heterocycles. The molecule has 1 heterocycles. The summed E-state index contributed by atoms with van der Waals surface area (Å²) in [5.41, 5.74) is -5.93. The molecule has 1 aromatic rings. The van der Waals surface area contributed by atoms with Gasteiger partial charge in [0.1, 0.15) is 1.41 Å². The number of ether oxygens (including phenoxy) is 2. The zero-order chi connectivity index (χ0) is 28.0. The van der Waals surface area contributed by atoms with E-state index >= 15 is 0 Å². The minimum atomic E-state index is -3.45. The van der Waals surface area contributed by atoms with Crippen LogP contribution in [-0.2, 0) is 15.3 Å². The van der Waals surface area contributed by atoms with Gasteiger partial charge in [0.05, 0.1) is 15.7 Å². The molecule has 2 rings (SSSR count). The van der Waals surface area contributed by atoms with Crippen LogP contribution in [0.4, 0.5) is 0 Å². The van der Waals surface area contributed by atoms with Crippen molar-refractivity contribution in [2.75, 3.05) is 7.11 Å². The SMILES string of the molecule is [2H]c1c(C)c(C)c(Cl)c([2H])c1[C@]1(OC)OC([2H])(C)C(C([2H])([2H])[2H])(C([2H])([2H])C)N([2H])[C@@]1(C)C([2H])([2H])[2H]. The highest BCUT2D eigenvalue weighted by Crippen LogP contribution is 2.46. The van der Waals surface area contributed by atoms with Gasteiger partial charge >= 0.3 is 0 Å². The smallest absolute Gasteiger partial charge is 0.213 e. The lowest BCUT2D eigenvalue weighted by Crippen LogP contribution is -2.74. The van der Waals surface area contributed by atoms with Crippen molar-refractivity contribution in [2.45, 2.75) is 77.6 Å². The Hall–Kier alpha value is -0.610. The van der Waals surface area contributed by atoms with E-state index in [-0.39, 0.29) is 15.9 Å². The molecule has 1 aromatic carbocycles. The van der Waals surface area contributed by atoms with Crippen molar-refractivity contribution in [1.29, 1.82) is 0 Å². The first-order valence-electron chi connectivity index (χ1n) is 13.1. The maximum absolute atomic E-state index is 8.99. The van der Waals surface area contributed by atoms with Gasteiger partial charge in [-0.15, -0.1) is 0 Å². The fourth-order valence-corrected chi connectivity index (χ4v) is 2.83. The summed E-state index contributed by atoms with van der Waals surface area (Å²) in [7, 11) is 0.985. The molecule has 23 heavy (non-hydrogen) atoms. The van der Waals surface area contributed by atoms with Crippen molar-refractivity contribution >= 4 is 11.6 Å². The fourth-order valence-electron chi connectivity index (χ4n) is 2.59. The monoisotopic (exact) mass is 351 g/mol. The highest BCUT2D eigenvalue weighted by Gasteiger charge is 2.57. The van der Waals surface area contributed by atoms with E-state index in [0.29, 0.717) is 5.56 Å². The lowest BCUT2D eigenvalue weighted by molar-refractivity contribution is -0.329. The molecule has 1 fully saturated rings. The van der Waals surface area contributed by atoms with Crippen LogP contribution in [0.15, 0.2) is 12.1 Å². The Morgan fingerprint density at radius 3 is 2.78 bits per heavy atom. The Labute approximate surface area is 162 Å². The summed E-state index contributed by atoms with van der Waals surface area (Å²) in [6, 6.07) is -0.957. The Bertz CT molecular complexity index is 976. The predicted molar refractivity (Wildman–Crippen MR) is 96.1 cm³/mol. The van der Waals surface area contributed by atoms with E-state index in [2.05, 4.69) is 0 Å². The molecule has 1 saturated heterocycles. The molecule has 3 nitrogen and oxygen atoms in total. The number of methoxy groups -OCH3 is 1. The number of nitrogens with one attached hydrogen (secondary N) is 1. The van der Waals surface area contributed by atoms with Crippen LogP contribution in [0, 0.1) is 13.8 Å². The van der Waals surface area contributed by atoms with Gasteiger partial charge in [-0.25, -0.2) is 0 Å². The number of benzene rings is 1. The number of morpholine rings is 1. The Morgan fingerprint density at radius 2 is 2.26 bits per heavy atom. The van der Waals surface area contributed by atoms with Gasteiger partial charge in [-0.1, -0.05) is 24.6 Å². The zero-order valence-corrected chi connectivity index (χ0v) is 14.9. The van der Waals surface area contributed by atoms with E-state index < -0.39 is 60.7 Å². The van der Waals surface area contributed by atoms with Crippen molar-refractivity contribution in [2.24, 2.45) is 0 Å². The summed E-state index contributed by atoms with van der Waals surface area (Å²) in [4.78, 5) is 0. The number of hydrogen-bond donors (Lipinski definition) is 1. The summed E-state index contributed by atoms with van der Waals surface area (Å²) in [6.07, 6.45) is -5.76. The second kappa shape index (κ2) is 6.03. The number of rotatable bonds is 3. The molecule has 130 valence electrons. The third-order valence-electron chi connectivity index (χ3n) is 4.26. The van der Waals surface area contributed by atoms with E-state index in [1.807, 2.05) is 0 Å². The van der Waals surface area contributed by atoms with Crippen LogP contribution < -0.4 is 5.31 Å². The molecule has 1 N–H and O–H groups in total. The van der Waals surface area contributed by atoms with Crippen LogP contribution in [0.3, 0.4) is 0 Å². The Morgan fingerprint density at radius 1 is 1.57 bits per heavy atom. The second-order valence-corrected chi connectivity index (χ2v) is 6.19. The summed E-state index contributed by atoms with van der Waals surface area (Å²) in [6.45, 7) is -1.09. The largest absolute Gasteiger partial charge is 0.348 e. The molecule has 0 aliphatic carbocycles. The van der Waals surface area contributed by atoms with Crippen LogP contribution >= 0.6 is 11.6 Å². The van der Waals surface area contributed by atoms with Gasteiger partial charge in [-0.05, 0) is 64.9 Å². The second-order valence-electron chi connectivity index (χ2n) is 5.81. The molecular weight excluding hydrogens is 310 g/mol. The van der Waals surface area contributed by atoms with E-state index in [0.717, 1.165) is 27.9 Å². The van der Waals surface area contributed by atoms with E-state index in [1.54, 1.807) is 6.92 Å². The molecule has 0 radical (unpaired) electrons. The van der Waals surface area contributed by atoms with Gasteiger partial charge in [0.15, 0.2) is 0 Å². The molecule has 0 spiro atoms. The molecule has 4 heteroatoms. The number of hydrogen-bond acceptors (Lipinski definition) is 3. The summed E-state index contributed by atoms with van der Waals surface area (Å²) >= 11 is 6.33. The fraction of sp³-hybridized carbons (Fsp3) is 0.684. The van der Waals surface area contributed by atoms with E-state index in [4.69, 9.17) is 37.6 Å².